The van der Waals surface area contributed by atoms with Gasteiger partial charge in [-0.05, 0) is 36.8 Å². The van der Waals surface area contributed by atoms with Gasteiger partial charge in [-0.1, -0.05) is 12.1 Å². The third-order valence-corrected chi connectivity index (χ3v) is 3.27. The smallest absolute Gasteiger partial charge is 0.259 e. The molecule has 0 heterocycles. The largest absolute Gasteiger partial charge is 0.493 e. The lowest BCUT2D eigenvalue weighted by molar-refractivity contribution is 0.102. The SMILES string of the molecule is COc1cccc(C(=O)Nc2cccc(N)c2C)c1OC. The molecule has 0 fully saturated rings. The lowest BCUT2D eigenvalue weighted by atomic mass is 10.1. The molecule has 3 N–H and O–H groups in total. The number of methoxy groups -OCH3 is 2. The van der Waals surface area contributed by atoms with Crippen LogP contribution in [-0.4, -0.2) is 20.1 Å². The zero-order chi connectivity index (χ0) is 15.4. The second kappa shape index (κ2) is 6.17. The van der Waals surface area contributed by atoms with Crippen LogP contribution in [0.1, 0.15) is 15.9 Å². The molecular formula is C16H18N2O3. The van der Waals surface area contributed by atoms with Crippen molar-refractivity contribution in [2.75, 3.05) is 25.3 Å². The fraction of sp³-hybridized carbons (Fsp3) is 0.188. The van der Waals surface area contributed by atoms with Crippen LogP contribution in [0.4, 0.5) is 11.4 Å². The highest BCUT2D eigenvalue weighted by atomic mass is 16.5. The van der Waals surface area contributed by atoms with Crippen LogP contribution in [0.25, 0.3) is 0 Å². The molecule has 0 radical (unpaired) electrons. The maximum atomic E-state index is 12.4. The molecule has 110 valence electrons. The second-order valence-electron chi connectivity index (χ2n) is 4.52. The average Bonchev–Trinajstić information content (AvgIpc) is 2.50. The summed E-state index contributed by atoms with van der Waals surface area (Å²) in [4.78, 5) is 12.4. The third-order valence-electron chi connectivity index (χ3n) is 3.27. The fourth-order valence-electron chi connectivity index (χ4n) is 2.04. The van der Waals surface area contributed by atoms with Crippen molar-refractivity contribution in [1.29, 1.82) is 0 Å². The maximum absolute atomic E-state index is 12.4. The topological polar surface area (TPSA) is 73.6 Å². The normalized spacial score (nSPS) is 10.0. The van der Waals surface area contributed by atoms with E-state index in [2.05, 4.69) is 5.32 Å². The number of nitrogens with one attached hydrogen (secondary N) is 1. The number of hydrogen-bond donors (Lipinski definition) is 2. The van der Waals surface area contributed by atoms with Gasteiger partial charge in [0.2, 0.25) is 0 Å². The Balaban J connectivity index is 2.35. The Morgan fingerprint density at radius 2 is 1.81 bits per heavy atom. The zero-order valence-corrected chi connectivity index (χ0v) is 12.3. The van der Waals surface area contributed by atoms with Gasteiger partial charge >= 0.3 is 0 Å². The Hall–Kier alpha value is -2.69. The number of ether oxygens (including phenoxy) is 2. The highest BCUT2D eigenvalue weighted by Gasteiger charge is 2.17. The predicted octanol–water partition coefficient (Wildman–Crippen LogP) is 2.85. The van der Waals surface area contributed by atoms with E-state index in [1.54, 1.807) is 36.4 Å². The molecule has 2 aromatic carbocycles. The van der Waals surface area contributed by atoms with Crippen LogP contribution in [0.5, 0.6) is 11.5 Å². The number of nitrogen functional groups attached to an aromatic ring is 1. The van der Waals surface area contributed by atoms with Gasteiger partial charge in [0.1, 0.15) is 0 Å². The summed E-state index contributed by atoms with van der Waals surface area (Å²) in [6, 6.07) is 10.5. The summed E-state index contributed by atoms with van der Waals surface area (Å²) in [5.74, 6) is 0.632. The summed E-state index contributed by atoms with van der Waals surface area (Å²) >= 11 is 0. The molecule has 0 aliphatic heterocycles. The summed E-state index contributed by atoms with van der Waals surface area (Å²) in [5, 5.41) is 2.84. The number of benzene rings is 2. The standard InChI is InChI=1S/C16H18N2O3/c1-10-12(17)7-5-8-13(10)18-16(19)11-6-4-9-14(20-2)15(11)21-3/h4-9H,17H2,1-3H3,(H,18,19). The number of hydrogen-bond acceptors (Lipinski definition) is 4. The molecule has 2 rings (SSSR count). The molecule has 0 bridgehead atoms. The van der Waals surface area contributed by atoms with Gasteiger partial charge < -0.3 is 20.5 Å². The minimum Gasteiger partial charge on any atom is -0.493 e. The van der Waals surface area contributed by atoms with Crippen molar-refractivity contribution >= 4 is 17.3 Å². The molecule has 0 aliphatic rings. The van der Waals surface area contributed by atoms with Crippen molar-refractivity contribution in [2.24, 2.45) is 0 Å². The van der Waals surface area contributed by atoms with Crippen molar-refractivity contribution in [3.63, 3.8) is 0 Å². The van der Waals surface area contributed by atoms with Crippen molar-refractivity contribution in [1.82, 2.24) is 0 Å². The number of amides is 1. The number of carbonyl (C=O) groups excluding carboxylic acids is 1. The fourth-order valence-corrected chi connectivity index (χ4v) is 2.04. The van der Waals surface area contributed by atoms with Crippen LogP contribution >= 0.6 is 0 Å². The molecule has 0 unspecified atom stereocenters. The molecule has 1 amide bonds. The lowest BCUT2D eigenvalue weighted by Gasteiger charge is -2.14. The molecule has 0 saturated carbocycles. The van der Waals surface area contributed by atoms with Gasteiger partial charge in [-0.15, -0.1) is 0 Å². The average molecular weight is 286 g/mol. The van der Waals surface area contributed by atoms with E-state index >= 15 is 0 Å². The van der Waals surface area contributed by atoms with Crippen LogP contribution in [-0.2, 0) is 0 Å². The summed E-state index contributed by atoms with van der Waals surface area (Å²) in [6.45, 7) is 1.85. The number of rotatable bonds is 4. The Kier molecular flexibility index (Phi) is 4.33. The predicted molar refractivity (Wildman–Crippen MR) is 83.1 cm³/mol. The third kappa shape index (κ3) is 2.91. The summed E-state index contributed by atoms with van der Waals surface area (Å²) in [5.41, 5.74) is 8.37. The van der Waals surface area contributed by atoms with Gasteiger partial charge in [-0.25, -0.2) is 0 Å². The zero-order valence-electron chi connectivity index (χ0n) is 12.3. The first kappa shape index (κ1) is 14.7. The number of carbonyl (C=O) groups is 1. The van der Waals surface area contributed by atoms with Crippen LogP contribution in [0.3, 0.4) is 0 Å². The van der Waals surface area contributed by atoms with Crippen LogP contribution < -0.4 is 20.5 Å². The van der Waals surface area contributed by atoms with Gasteiger partial charge in [-0.2, -0.15) is 0 Å². The van der Waals surface area contributed by atoms with E-state index in [9.17, 15) is 4.79 Å². The van der Waals surface area contributed by atoms with Crippen molar-refractivity contribution < 1.29 is 14.3 Å². The van der Waals surface area contributed by atoms with Gasteiger partial charge in [-0.3, -0.25) is 4.79 Å². The first-order valence-corrected chi connectivity index (χ1v) is 6.46. The second-order valence-corrected chi connectivity index (χ2v) is 4.52. The van der Waals surface area contributed by atoms with Gasteiger partial charge in [0, 0.05) is 11.4 Å². The molecule has 0 spiro atoms. The minimum atomic E-state index is -0.278. The van der Waals surface area contributed by atoms with E-state index in [1.165, 1.54) is 14.2 Å². The van der Waals surface area contributed by atoms with Crippen molar-refractivity contribution in [3.8, 4) is 11.5 Å². The van der Waals surface area contributed by atoms with Crippen LogP contribution in [0, 0.1) is 6.92 Å². The molecule has 2 aromatic rings. The summed E-state index contributed by atoms with van der Waals surface area (Å²) in [7, 11) is 3.03. The van der Waals surface area contributed by atoms with Crippen molar-refractivity contribution in [3.05, 3.63) is 47.5 Å². The molecule has 0 atom stereocenters. The van der Waals surface area contributed by atoms with Crippen LogP contribution in [0.2, 0.25) is 0 Å². The Morgan fingerprint density at radius 3 is 2.48 bits per heavy atom. The molecule has 5 nitrogen and oxygen atoms in total. The molecule has 21 heavy (non-hydrogen) atoms. The molecule has 5 heteroatoms. The Bertz CT molecular complexity index is 669. The first-order valence-electron chi connectivity index (χ1n) is 6.46. The number of para-hydroxylation sites is 1. The highest BCUT2D eigenvalue weighted by Crippen LogP contribution is 2.31. The van der Waals surface area contributed by atoms with E-state index in [1.807, 2.05) is 6.92 Å². The summed E-state index contributed by atoms with van der Waals surface area (Å²) in [6.07, 6.45) is 0. The monoisotopic (exact) mass is 286 g/mol. The van der Waals surface area contributed by atoms with Crippen LogP contribution in [0.15, 0.2) is 36.4 Å². The molecular weight excluding hydrogens is 268 g/mol. The highest BCUT2D eigenvalue weighted by molar-refractivity contribution is 6.07. The lowest BCUT2D eigenvalue weighted by Crippen LogP contribution is -2.14. The Morgan fingerprint density at radius 1 is 1.10 bits per heavy atom. The minimum absolute atomic E-state index is 0.278. The molecule has 0 saturated heterocycles. The Labute approximate surface area is 123 Å². The number of nitrogens with two attached hydrogens (primary N) is 1. The van der Waals surface area contributed by atoms with E-state index in [-0.39, 0.29) is 5.91 Å². The van der Waals surface area contributed by atoms with Gasteiger partial charge in [0.25, 0.3) is 5.91 Å². The maximum Gasteiger partial charge on any atom is 0.259 e. The van der Waals surface area contributed by atoms with E-state index in [0.717, 1.165) is 5.56 Å². The van der Waals surface area contributed by atoms with Gasteiger partial charge in [0.05, 0.1) is 19.8 Å². The number of anilines is 2. The van der Waals surface area contributed by atoms with E-state index < -0.39 is 0 Å². The molecule has 0 aliphatic carbocycles. The van der Waals surface area contributed by atoms with Gasteiger partial charge in [0.15, 0.2) is 11.5 Å². The van der Waals surface area contributed by atoms with Crippen molar-refractivity contribution in [2.45, 2.75) is 6.92 Å². The molecule has 0 aromatic heterocycles. The first-order chi connectivity index (χ1) is 10.1. The summed E-state index contributed by atoms with van der Waals surface area (Å²) < 4.78 is 10.5. The van der Waals surface area contributed by atoms with E-state index in [0.29, 0.717) is 28.4 Å². The quantitative estimate of drug-likeness (QED) is 0.848. The van der Waals surface area contributed by atoms with E-state index in [4.69, 9.17) is 15.2 Å².